The maximum absolute atomic E-state index is 12.6. The van der Waals surface area contributed by atoms with E-state index in [4.69, 9.17) is 21.1 Å². The van der Waals surface area contributed by atoms with Crippen LogP contribution in [0.5, 0.6) is 0 Å². The number of Topliss-reactive ketones (excluding diaryl/α,β-unsaturated/α-hetero) is 1. The second-order valence-electron chi connectivity index (χ2n) is 7.53. The summed E-state index contributed by atoms with van der Waals surface area (Å²) < 4.78 is 9.86. The lowest BCUT2D eigenvalue weighted by Crippen LogP contribution is -2.42. The summed E-state index contributed by atoms with van der Waals surface area (Å²) in [6.45, 7) is 5.50. The van der Waals surface area contributed by atoms with Crippen LogP contribution in [0.1, 0.15) is 68.8 Å². The summed E-state index contributed by atoms with van der Waals surface area (Å²) in [5.41, 5.74) is 1.08. The van der Waals surface area contributed by atoms with Gasteiger partial charge in [0.15, 0.2) is 5.78 Å². The van der Waals surface area contributed by atoms with Crippen LogP contribution in [-0.2, 0) is 35.1 Å². The van der Waals surface area contributed by atoms with Crippen LogP contribution < -0.4 is 10.6 Å². The number of aryl methyl sites for hydroxylation is 1. The fourth-order valence-electron chi connectivity index (χ4n) is 3.19. The molecular formula is C24H33ClN2O7. The van der Waals surface area contributed by atoms with Gasteiger partial charge in [0.2, 0.25) is 11.8 Å². The Balaban J connectivity index is 2.75. The molecule has 0 radical (unpaired) electrons. The Hall–Kier alpha value is -2.94. The molecule has 0 fully saturated rings. The largest absolute Gasteiger partial charge is 0.466 e. The molecule has 0 aliphatic rings. The summed E-state index contributed by atoms with van der Waals surface area (Å²) in [5.74, 6) is -1.79. The standard InChI is InChI=1S/C24H33ClN2O7/c1-4-33-23(31)13-11-20(24(32)34-5-2)27-22(30)12-8-17-15-18(25)9-10-19(17)21(29)7-6-14-26-16(3)28/h9-10,15,20H,4-8,11-14H2,1-3H3,(H,26,28)(H,27,30)/t20-/m0/s1. The van der Waals surface area contributed by atoms with Crippen molar-refractivity contribution in [3.63, 3.8) is 0 Å². The molecule has 1 aromatic rings. The lowest BCUT2D eigenvalue weighted by molar-refractivity contribution is -0.148. The van der Waals surface area contributed by atoms with Gasteiger partial charge in [-0.2, -0.15) is 0 Å². The molecule has 2 amide bonds. The van der Waals surface area contributed by atoms with Crippen LogP contribution in [0.4, 0.5) is 0 Å². The number of carbonyl (C=O) groups is 5. The first kappa shape index (κ1) is 29.1. The first-order valence-electron chi connectivity index (χ1n) is 11.4. The van der Waals surface area contributed by atoms with Gasteiger partial charge in [-0.3, -0.25) is 19.2 Å². The van der Waals surface area contributed by atoms with Gasteiger partial charge in [0.25, 0.3) is 0 Å². The van der Waals surface area contributed by atoms with Crippen molar-refractivity contribution in [3.05, 3.63) is 34.3 Å². The van der Waals surface area contributed by atoms with Gasteiger partial charge in [0, 0.05) is 43.3 Å². The summed E-state index contributed by atoms with van der Waals surface area (Å²) in [7, 11) is 0. The van der Waals surface area contributed by atoms with Crippen molar-refractivity contribution in [1.29, 1.82) is 0 Å². The number of amides is 2. The van der Waals surface area contributed by atoms with Crippen molar-refractivity contribution in [2.75, 3.05) is 19.8 Å². The Morgan fingerprint density at radius 2 is 1.71 bits per heavy atom. The second kappa shape index (κ2) is 15.8. The van der Waals surface area contributed by atoms with E-state index in [9.17, 15) is 24.0 Å². The van der Waals surface area contributed by atoms with Crippen molar-refractivity contribution in [3.8, 4) is 0 Å². The first-order chi connectivity index (χ1) is 16.2. The topological polar surface area (TPSA) is 128 Å². The molecule has 0 saturated heterocycles. The number of hydrogen-bond acceptors (Lipinski definition) is 7. The minimum Gasteiger partial charge on any atom is -0.466 e. The van der Waals surface area contributed by atoms with E-state index in [-0.39, 0.29) is 57.0 Å². The molecule has 0 aromatic heterocycles. The number of ether oxygens (including phenoxy) is 2. The van der Waals surface area contributed by atoms with Crippen molar-refractivity contribution in [2.45, 2.75) is 65.3 Å². The summed E-state index contributed by atoms with van der Waals surface area (Å²) in [5, 5.41) is 5.68. The lowest BCUT2D eigenvalue weighted by atomic mass is 9.97. The zero-order valence-corrected chi connectivity index (χ0v) is 20.7. The van der Waals surface area contributed by atoms with E-state index in [0.29, 0.717) is 29.1 Å². The molecule has 9 nitrogen and oxygen atoms in total. The van der Waals surface area contributed by atoms with Gasteiger partial charge in [0.1, 0.15) is 6.04 Å². The van der Waals surface area contributed by atoms with Crippen molar-refractivity contribution < 1.29 is 33.4 Å². The Labute approximate surface area is 204 Å². The normalized spacial score (nSPS) is 11.3. The average molecular weight is 497 g/mol. The van der Waals surface area contributed by atoms with Crippen LogP contribution in [0.15, 0.2) is 18.2 Å². The fraction of sp³-hybridized carbons (Fsp3) is 0.542. The van der Waals surface area contributed by atoms with Crippen LogP contribution in [0.25, 0.3) is 0 Å². The lowest BCUT2D eigenvalue weighted by Gasteiger charge is -2.17. The minimum absolute atomic E-state index is 0.00181. The number of halogens is 1. The van der Waals surface area contributed by atoms with Crippen LogP contribution in [0.2, 0.25) is 5.02 Å². The zero-order valence-electron chi connectivity index (χ0n) is 19.9. The van der Waals surface area contributed by atoms with Crippen LogP contribution in [-0.4, -0.2) is 55.3 Å². The summed E-state index contributed by atoms with van der Waals surface area (Å²) in [4.78, 5) is 60.0. The Morgan fingerprint density at radius 1 is 1.00 bits per heavy atom. The maximum atomic E-state index is 12.6. The molecular weight excluding hydrogens is 464 g/mol. The molecule has 1 aromatic carbocycles. The molecule has 2 N–H and O–H groups in total. The molecule has 34 heavy (non-hydrogen) atoms. The molecule has 1 atom stereocenters. The zero-order chi connectivity index (χ0) is 25.5. The summed E-state index contributed by atoms with van der Waals surface area (Å²) in [6, 6.07) is 3.89. The van der Waals surface area contributed by atoms with Crippen molar-refractivity contribution in [2.24, 2.45) is 0 Å². The van der Waals surface area contributed by atoms with Gasteiger partial charge in [-0.05, 0) is 56.9 Å². The molecule has 1 rings (SSSR count). The molecule has 0 aliphatic carbocycles. The van der Waals surface area contributed by atoms with E-state index in [1.807, 2.05) is 0 Å². The number of esters is 2. The third kappa shape index (κ3) is 11.3. The monoisotopic (exact) mass is 496 g/mol. The minimum atomic E-state index is -0.980. The Kier molecular flexibility index (Phi) is 13.5. The van der Waals surface area contributed by atoms with Gasteiger partial charge in [-0.1, -0.05) is 11.6 Å². The highest BCUT2D eigenvalue weighted by Gasteiger charge is 2.23. The molecule has 0 bridgehead atoms. The van der Waals surface area contributed by atoms with Gasteiger partial charge >= 0.3 is 11.9 Å². The van der Waals surface area contributed by atoms with Crippen molar-refractivity contribution >= 4 is 41.1 Å². The van der Waals surface area contributed by atoms with Gasteiger partial charge in [-0.25, -0.2) is 4.79 Å². The third-order valence-electron chi connectivity index (χ3n) is 4.79. The molecule has 0 saturated carbocycles. The molecule has 0 heterocycles. The van der Waals surface area contributed by atoms with Crippen LogP contribution in [0, 0.1) is 0 Å². The van der Waals surface area contributed by atoms with E-state index in [1.165, 1.54) is 6.92 Å². The summed E-state index contributed by atoms with van der Waals surface area (Å²) in [6.07, 6.45) is 0.971. The first-order valence-corrected chi connectivity index (χ1v) is 11.7. The maximum Gasteiger partial charge on any atom is 0.328 e. The Morgan fingerprint density at radius 3 is 2.35 bits per heavy atom. The molecule has 0 aliphatic heterocycles. The molecule has 0 spiro atoms. The highest BCUT2D eigenvalue weighted by molar-refractivity contribution is 6.30. The number of rotatable bonds is 15. The van der Waals surface area contributed by atoms with E-state index < -0.39 is 23.9 Å². The van der Waals surface area contributed by atoms with Gasteiger partial charge < -0.3 is 20.1 Å². The number of ketones is 1. The molecule has 188 valence electrons. The quantitative estimate of drug-likeness (QED) is 0.217. The van der Waals surface area contributed by atoms with Gasteiger partial charge in [0.05, 0.1) is 13.2 Å². The number of nitrogens with one attached hydrogen (secondary N) is 2. The fourth-order valence-corrected chi connectivity index (χ4v) is 3.39. The Bertz CT molecular complexity index is 873. The second-order valence-corrected chi connectivity index (χ2v) is 7.96. The molecule has 0 unspecified atom stereocenters. The van der Waals surface area contributed by atoms with Crippen molar-refractivity contribution in [1.82, 2.24) is 10.6 Å². The van der Waals surface area contributed by atoms with Gasteiger partial charge in [-0.15, -0.1) is 0 Å². The predicted molar refractivity (Wildman–Crippen MR) is 126 cm³/mol. The van der Waals surface area contributed by atoms with E-state index in [1.54, 1.807) is 32.0 Å². The van der Waals surface area contributed by atoms with Crippen LogP contribution in [0.3, 0.4) is 0 Å². The van der Waals surface area contributed by atoms with E-state index in [2.05, 4.69) is 10.6 Å². The van der Waals surface area contributed by atoms with E-state index in [0.717, 1.165) is 0 Å². The highest BCUT2D eigenvalue weighted by Crippen LogP contribution is 2.20. The number of carbonyl (C=O) groups excluding carboxylic acids is 5. The number of hydrogen-bond donors (Lipinski definition) is 2. The van der Waals surface area contributed by atoms with Crippen LogP contribution >= 0.6 is 11.6 Å². The smallest absolute Gasteiger partial charge is 0.328 e. The third-order valence-corrected chi connectivity index (χ3v) is 5.03. The predicted octanol–water partition coefficient (Wildman–Crippen LogP) is 2.76. The SMILES string of the molecule is CCOC(=O)CC[C@H](NC(=O)CCc1cc(Cl)ccc1C(=O)CCCNC(C)=O)C(=O)OCC. The van der Waals surface area contributed by atoms with E-state index >= 15 is 0 Å². The number of benzene rings is 1. The summed E-state index contributed by atoms with van der Waals surface area (Å²) >= 11 is 6.09. The molecule has 10 heteroatoms. The average Bonchev–Trinajstić information content (AvgIpc) is 2.78. The highest BCUT2D eigenvalue weighted by atomic mass is 35.5.